The third-order valence-corrected chi connectivity index (χ3v) is 3.94. The van der Waals surface area contributed by atoms with Crippen LogP contribution in [-0.4, -0.2) is 28.7 Å². The second-order valence-corrected chi connectivity index (χ2v) is 5.47. The highest BCUT2D eigenvalue weighted by Gasteiger charge is 2.25. The number of hydrogen-bond donors (Lipinski definition) is 3. The van der Waals surface area contributed by atoms with Gasteiger partial charge in [0.15, 0.2) is 0 Å². The number of amides is 1. The van der Waals surface area contributed by atoms with E-state index in [1.54, 1.807) is 0 Å². The van der Waals surface area contributed by atoms with Gasteiger partial charge in [-0.2, -0.15) is 5.10 Å². The van der Waals surface area contributed by atoms with Gasteiger partial charge in [0.2, 0.25) is 5.91 Å². The van der Waals surface area contributed by atoms with Crippen LogP contribution in [0.25, 0.3) is 0 Å². The average molecular weight is 284 g/mol. The summed E-state index contributed by atoms with van der Waals surface area (Å²) in [5.74, 6) is 0.0788. The van der Waals surface area contributed by atoms with Gasteiger partial charge in [-0.25, -0.2) is 0 Å². The number of aromatic amines is 1. The number of anilines is 1. The van der Waals surface area contributed by atoms with Gasteiger partial charge in [-0.1, -0.05) is 18.2 Å². The molecular weight excluding hydrogens is 264 g/mol. The lowest BCUT2D eigenvalue weighted by molar-refractivity contribution is -0.121. The molecule has 1 aromatic carbocycles. The monoisotopic (exact) mass is 284 g/mol. The van der Waals surface area contributed by atoms with E-state index in [0.29, 0.717) is 6.54 Å². The SMILES string of the molecule is Cc1[nH]ncc1CCCNC(=O)[C@@H]1Cc2ccccc2N1. The van der Waals surface area contributed by atoms with Crippen molar-refractivity contribution >= 4 is 11.6 Å². The molecular formula is C16H20N4O. The van der Waals surface area contributed by atoms with Crippen molar-refractivity contribution in [2.45, 2.75) is 32.2 Å². The van der Waals surface area contributed by atoms with E-state index in [-0.39, 0.29) is 11.9 Å². The van der Waals surface area contributed by atoms with Crippen LogP contribution in [0.3, 0.4) is 0 Å². The molecule has 0 radical (unpaired) electrons. The maximum absolute atomic E-state index is 12.1. The number of aryl methyl sites for hydroxylation is 2. The van der Waals surface area contributed by atoms with Gasteiger partial charge in [0.1, 0.15) is 6.04 Å². The van der Waals surface area contributed by atoms with Crippen LogP contribution in [0.15, 0.2) is 30.5 Å². The van der Waals surface area contributed by atoms with Crippen LogP contribution in [0, 0.1) is 6.92 Å². The first-order chi connectivity index (χ1) is 10.2. The summed E-state index contributed by atoms with van der Waals surface area (Å²) >= 11 is 0. The molecule has 3 N–H and O–H groups in total. The molecule has 2 heterocycles. The second kappa shape index (κ2) is 5.99. The first kappa shape index (κ1) is 13.7. The first-order valence-electron chi connectivity index (χ1n) is 7.35. The maximum Gasteiger partial charge on any atom is 0.242 e. The van der Waals surface area contributed by atoms with E-state index < -0.39 is 0 Å². The van der Waals surface area contributed by atoms with Crippen molar-refractivity contribution in [1.29, 1.82) is 0 Å². The Labute approximate surface area is 124 Å². The van der Waals surface area contributed by atoms with Crippen LogP contribution in [0.4, 0.5) is 5.69 Å². The Balaban J connectivity index is 1.43. The minimum atomic E-state index is -0.141. The molecule has 0 bridgehead atoms. The van der Waals surface area contributed by atoms with Gasteiger partial charge in [-0.3, -0.25) is 9.89 Å². The van der Waals surface area contributed by atoms with Crippen LogP contribution in [0.1, 0.15) is 23.2 Å². The Morgan fingerprint density at radius 2 is 2.29 bits per heavy atom. The average Bonchev–Trinajstić information content (AvgIpc) is 3.09. The number of H-pyrrole nitrogens is 1. The van der Waals surface area contributed by atoms with Crippen LogP contribution >= 0.6 is 0 Å². The summed E-state index contributed by atoms with van der Waals surface area (Å²) in [5, 5.41) is 13.2. The van der Waals surface area contributed by atoms with Gasteiger partial charge in [0.25, 0.3) is 0 Å². The molecule has 0 unspecified atom stereocenters. The normalized spacial score (nSPS) is 16.3. The lowest BCUT2D eigenvalue weighted by Gasteiger charge is -2.11. The summed E-state index contributed by atoms with van der Waals surface area (Å²) in [7, 11) is 0. The number of carbonyl (C=O) groups excluding carboxylic acids is 1. The maximum atomic E-state index is 12.1. The number of para-hydroxylation sites is 1. The number of carbonyl (C=O) groups is 1. The molecule has 2 aromatic rings. The summed E-state index contributed by atoms with van der Waals surface area (Å²) in [5.41, 5.74) is 4.61. The van der Waals surface area contributed by atoms with Crippen LogP contribution in [-0.2, 0) is 17.6 Å². The minimum absolute atomic E-state index is 0.0788. The van der Waals surface area contributed by atoms with Gasteiger partial charge >= 0.3 is 0 Å². The fourth-order valence-electron chi connectivity index (χ4n) is 2.70. The molecule has 0 saturated carbocycles. The summed E-state index contributed by atoms with van der Waals surface area (Å²) in [6, 6.07) is 7.94. The van der Waals surface area contributed by atoms with E-state index in [1.807, 2.05) is 31.3 Å². The number of nitrogens with one attached hydrogen (secondary N) is 3. The van der Waals surface area contributed by atoms with E-state index in [9.17, 15) is 4.79 Å². The van der Waals surface area contributed by atoms with Crippen LogP contribution in [0.5, 0.6) is 0 Å². The molecule has 21 heavy (non-hydrogen) atoms. The van der Waals surface area contributed by atoms with Crippen molar-refractivity contribution in [3.63, 3.8) is 0 Å². The van der Waals surface area contributed by atoms with Crippen molar-refractivity contribution < 1.29 is 4.79 Å². The highest BCUT2D eigenvalue weighted by atomic mass is 16.2. The minimum Gasteiger partial charge on any atom is -0.373 e. The fraction of sp³-hybridized carbons (Fsp3) is 0.375. The largest absolute Gasteiger partial charge is 0.373 e. The zero-order valence-corrected chi connectivity index (χ0v) is 12.1. The van der Waals surface area contributed by atoms with Gasteiger partial charge < -0.3 is 10.6 Å². The van der Waals surface area contributed by atoms with Crippen molar-refractivity contribution in [3.05, 3.63) is 47.3 Å². The van der Waals surface area contributed by atoms with E-state index in [0.717, 1.165) is 30.6 Å². The van der Waals surface area contributed by atoms with Crippen molar-refractivity contribution in [2.75, 3.05) is 11.9 Å². The fourth-order valence-corrected chi connectivity index (χ4v) is 2.70. The molecule has 1 aliphatic rings. The number of hydrogen-bond acceptors (Lipinski definition) is 3. The lowest BCUT2D eigenvalue weighted by atomic mass is 10.1. The van der Waals surface area contributed by atoms with E-state index in [2.05, 4.69) is 26.9 Å². The summed E-state index contributed by atoms with van der Waals surface area (Å²) in [6.45, 7) is 2.71. The Morgan fingerprint density at radius 3 is 3.05 bits per heavy atom. The highest BCUT2D eigenvalue weighted by molar-refractivity contribution is 5.87. The summed E-state index contributed by atoms with van der Waals surface area (Å²) in [6.07, 6.45) is 4.47. The second-order valence-electron chi connectivity index (χ2n) is 5.47. The molecule has 0 aliphatic carbocycles. The predicted molar refractivity (Wildman–Crippen MR) is 82.2 cm³/mol. The number of benzene rings is 1. The molecule has 110 valence electrons. The van der Waals surface area contributed by atoms with Gasteiger partial charge in [0.05, 0.1) is 6.20 Å². The van der Waals surface area contributed by atoms with Gasteiger partial charge in [-0.05, 0) is 37.0 Å². The van der Waals surface area contributed by atoms with Crippen LogP contribution < -0.4 is 10.6 Å². The van der Waals surface area contributed by atoms with Gasteiger partial charge in [-0.15, -0.1) is 0 Å². The molecule has 1 aliphatic heterocycles. The van der Waals surface area contributed by atoms with E-state index >= 15 is 0 Å². The van der Waals surface area contributed by atoms with Crippen molar-refractivity contribution in [1.82, 2.24) is 15.5 Å². The molecule has 0 fully saturated rings. The van der Waals surface area contributed by atoms with E-state index in [1.165, 1.54) is 11.1 Å². The Bertz CT molecular complexity index is 610. The quantitative estimate of drug-likeness (QED) is 0.733. The molecule has 3 rings (SSSR count). The topological polar surface area (TPSA) is 69.8 Å². The predicted octanol–water partition coefficient (Wildman–Crippen LogP) is 1.80. The van der Waals surface area contributed by atoms with E-state index in [4.69, 9.17) is 0 Å². The standard InChI is InChI=1S/C16H20N4O/c1-11-13(10-18-20-11)6-4-8-17-16(21)15-9-12-5-2-3-7-14(12)19-15/h2-3,5,7,10,15,19H,4,6,8-9H2,1H3,(H,17,21)(H,18,20)/t15-/m0/s1. The number of aromatic nitrogens is 2. The Morgan fingerprint density at radius 1 is 1.43 bits per heavy atom. The molecule has 5 nitrogen and oxygen atoms in total. The lowest BCUT2D eigenvalue weighted by Crippen LogP contribution is -2.38. The molecule has 0 saturated heterocycles. The van der Waals surface area contributed by atoms with Crippen LogP contribution in [0.2, 0.25) is 0 Å². The molecule has 1 amide bonds. The van der Waals surface area contributed by atoms with Crippen molar-refractivity contribution in [2.24, 2.45) is 0 Å². The molecule has 5 heteroatoms. The zero-order chi connectivity index (χ0) is 14.7. The molecule has 0 spiro atoms. The highest BCUT2D eigenvalue weighted by Crippen LogP contribution is 2.24. The summed E-state index contributed by atoms with van der Waals surface area (Å²) < 4.78 is 0. The van der Waals surface area contributed by atoms with Crippen molar-refractivity contribution in [3.8, 4) is 0 Å². The number of rotatable bonds is 5. The zero-order valence-electron chi connectivity index (χ0n) is 12.1. The third-order valence-electron chi connectivity index (χ3n) is 3.94. The smallest absolute Gasteiger partial charge is 0.242 e. The first-order valence-corrected chi connectivity index (χ1v) is 7.35. The van der Waals surface area contributed by atoms with Gasteiger partial charge in [0, 0.05) is 24.3 Å². The molecule has 1 atom stereocenters. The number of nitrogens with zero attached hydrogens (tertiary/aromatic N) is 1. The Hall–Kier alpha value is -2.30. The number of fused-ring (bicyclic) bond motifs is 1. The molecule has 1 aromatic heterocycles. The third kappa shape index (κ3) is 3.07. The summed E-state index contributed by atoms with van der Waals surface area (Å²) in [4.78, 5) is 12.1. The Kier molecular flexibility index (Phi) is 3.90.